The molecule has 1 atom stereocenters. The Morgan fingerprint density at radius 2 is 2.35 bits per heavy atom. The van der Waals surface area contributed by atoms with Crippen LogP contribution in [0.4, 0.5) is 10.1 Å². The molecule has 20 heavy (non-hydrogen) atoms. The third kappa shape index (κ3) is 3.34. The lowest BCUT2D eigenvalue weighted by Crippen LogP contribution is -2.28. The number of rotatable bonds is 4. The van der Waals surface area contributed by atoms with Gasteiger partial charge in [-0.3, -0.25) is 4.79 Å². The molecule has 0 aliphatic rings. The van der Waals surface area contributed by atoms with E-state index in [1.54, 1.807) is 17.5 Å². The summed E-state index contributed by atoms with van der Waals surface area (Å²) in [4.78, 5) is 16.3. The lowest BCUT2D eigenvalue weighted by atomic mass is 10.1. The highest BCUT2D eigenvalue weighted by Gasteiger charge is 2.15. The monoisotopic (exact) mass is 357 g/mol. The molecule has 2 rings (SSSR count). The van der Waals surface area contributed by atoms with E-state index in [0.717, 1.165) is 5.01 Å². The third-order valence-corrected chi connectivity index (χ3v) is 4.44. The number of aromatic nitrogens is 1. The van der Waals surface area contributed by atoms with Gasteiger partial charge in [0, 0.05) is 28.5 Å². The number of nitrogens with one attached hydrogen (secondary N) is 1. The van der Waals surface area contributed by atoms with Crippen molar-refractivity contribution in [1.82, 2.24) is 10.3 Å². The molecule has 1 amide bonds. The summed E-state index contributed by atoms with van der Waals surface area (Å²) in [5, 5.41) is 5.65. The average Bonchev–Trinajstić information content (AvgIpc) is 2.94. The van der Waals surface area contributed by atoms with Gasteiger partial charge in [0.25, 0.3) is 5.91 Å². The van der Waals surface area contributed by atoms with E-state index < -0.39 is 5.82 Å². The smallest absolute Gasteiger partial charge is 0.252 e. The maximum atomic E-state index is 13.2. The summed E-state index contributed by atoms with van der Waals surface area (Å²) >= 11 is 4.71. The SMILES string of the molecule is CC(CNC(=O)c1cc(N)c(F)cc1Br)c1nccs1. The molecular weight excluding hydrogens is 345 g/mol. The van der Waals surface area contributed by atoms with Crippen LogP contribution in [0.5, 0.6) is 0 Å². The van der Waals surface area contributed by atoms with Crippen molar-refractivity contribution in [2.24, 2.45) is 0 Å². The second-order valence-electron chi connectivity index (χ2n) is 4.33. The second-order valence-corrected chi connectivity index (χ2v) is 6.12. The first-order chi connectivity index (χ1) is 9.49. The summed E-state index contributed by atoms with van der Waals surface area (Å²) in [5.74, 6) is -0.730. The molecule has 3 N–H and O–H groups in total. The first-order valence-electron chi connectivity index (χ1n) is 5.91. The Kier molecular flexibility index (Phi) is 4.72. The van der Waals surface area contributed by atoms with Crippen LogP contribution in [-0.2, 0) is 0 Å². The minimum atomic E-state index is -0.551. The Bertz CT molecular complexity index is 618. The molecule has 0 saturated carbocycles. The van der Waals surface area contributed by atoms with Crippen LogP contribution >= 0.6 is 27.3 Å². The van der Waals surface area contributed by atoms with Gasteiger partial charge in [0.05, 0.1) is 16.3 Å². The highest BCUT2D eigenvalue weighted by molar-refractivity contribution is 9.10. The zero-order chi connectivity index (χ0) is 14.7. The minimum Gasteiger partial charge on any atom is -0.396 e. The van der Waals surface area contributed by atoms with Crippen LogP contribution in [0.15, 0.2) is 28.2 Å². The topological polar surface area (TPSA) is 68.0 Å². The molecule has 0 aliphatic heterocycles. The highest BCUT2D eigenvalue weighted by atomic mass is 79.9. The normalized spacial score (nSPS) is 12.2. The number of amides is 1. The van der Waals surface area contributed by atoms with Crippen LogP contribution < -0.4 is 11.1 Å². The maximum absolute atomic E-state index is 13.2. The van der Waals surface area contributed by atoms with Gasteiger partial charge in [0.2, 0.25) is 0 Å². The number of anilines is 1. The van der Waals surface area contributed by atoms with Crippen LogP contribution in [0, 0.1) is 5.82 Å². The van der Waals surface area contributed by atoms with Crippen molar-refractivity contribution in [2.45, 2.75) is 12.8 Å². The Labute approximate surface area is 128 Å². The van der Waals surface area contributed by atoms with Crippen LogP contribution in [0.25, 0.3) is 0 Å². The maximum Gasteiger partial charge on any atom is 0.252 e. The van der Waals surface area contributed by atoms with Crippen molar-refractivity contribution in [3.63, 3.8) is 0 Å². The van der Waals surface area contributed by atoms with Gasteiger partial charge in [-0.15, -0.1) is 11.3 Å². The van der Waals surface area contributed by atoms with Crippen molar-refractivity contribution in [1.29, 1.82) is 0 Å². The molecule has 0 bridgehead atoms. The minimum absolute atomic E-state index is 0.0497. The Morgan fingerprint density at radius 3 is 3.00 bits per heavy atom. The number of carbonyl (C=O) groups is 1. The zero-order valence-electron chi connectivity index (χ0n) is 10.7. The van der Waals surface area contributed by atoms with Crippen LogP contribution in [0.3, 0.4) is 0 Å². The van der Waals surface area contributed by atoms with E-state index in [4.69, 9.17) is 5.73 Å². The summed E-state index contributed by atoms with van der Waals surface area (Å²) in [6, 6.07) is 2.51. The van der Waals surface area contributed by atoms with E-state index in [9.17, 15) is 9.18 Å². The zero-order valence-corrected chi connectivity index (χ0v) is 13.1. The first kappa shape index (κ1) is 14.9. The fourth-order valence-electron chi connectivity index (χ4n) is 1.65. The fourth-order valence-corrected chi connectivity index (χ4v) is 2.84. The first-order valence-corrected chi connectivity index (χ1v) is 7.58. The Balaban J connectivity index is 2.04. The van der Waals surface area contributed by atoms with E-state index in [-0.39, 0.29) is 17.5 Å². The third-order valence-electron chi connectivity index (χ3n) is 2.77. The summed E-state index contributed by atoms with van der Waals surface area (Å²) in [7, 11) is 0. The molecule has 1 aromatic carbocycles. The van der Waals surface area contributed by atoms with Gasteiger partial charge in [-0.25, -0.2) is 9.37 Å². The van der Waals surface area contributed by atoms with Gasteiger partial charge in [0.1, 0.15) is 5.82 Å². The van der Waals surface area contributed by atoms with Gasteiger partial charge in [-0.2, -0.15) is 0 Å². The van der Waals surface area contributed by atoms with E-state index in [1.165, 1.54) is 12.1 Å². The standard InChI is InChI=1S/C13H13BrFN3OS/c1-7(13-17-2-3-20-13)6-18-12(19)8-4-11(16)10(15)5-9(8)14/h2-5,7H,6,16H2,1H3,(H,18,19). The van der Waals surface area contributed by atoms with E-state index >= 15 is 0 Å². The number of halogens is 2. The molecule has 0 radical (unpaired) electrons. The molecule has 0 spiro atoms. The van der Waals surface area contributed by atoms with Gasteiger partial charge in [-0.1, -0.05) is 6.92 Å². The van der Waals surface area contributed by atoms with Gasteiger partial charge < -0.3 is 11.1 Å². The second kappa shape index (κ2) is 6.32. The van der Waals surface area contributed by atoms with Crippen molar-refractivity contribution >= 4 is 38.9 Å². The number of hydrogen-bond acceptors (Lipinski definition) is 4. The van der Waals surface area contributed by atoms with Crippen LogP contribution in [0.2, 0.25) is 0 Å². The van der Waals surface area contributed by atoms with Gasteiger partial charge in [0.15, 0.2) is 0 Å². The molecular formula is C13H13BrFN3OS. The molecule has 0 aliphatic carbocycles. The number of hydrogen-bond donors (Lipinski definition) is 2. The number of benzene rings is 1. The predicted molar refractivity (Wildman–Crippen MR) is 81.4 cm³/mol. The number of thiazole rings is 1. The van der Waals surface area contributed by atoms with Gasteiger partial charge >= 0.3 is 0 Å². The highest BCUT2D eigenvalue weighted by Crippen LogP contribution is 2.23. The summed E-state index contributed by atoms with van der Waals surface area (Å²) in [6.45, 7) is 2.43. The van der Waals surface area contributed by atoms with Gasteiger partial charge in [-0.05, 0) is 28.1 Å². The van der Waals surface area contributed by atoms with E-state index in [1.807, 2.05) is 12.3 Å². The molecule has 0 fully saturated rings. The Hall–Kier alpha value is -1.47. The number of nitrogens with two attached hydrogens (primary N) is 1. The van der Waals surface area contributed by atoms with Crippen LogP contribution in [-0.4, -0.2) is 17.4 Å². The summed E-state index contributed by atoms with van der Waals surface area (Å²) in [5.41, 5.74) is 5.74. The molecule has 1 unspecified atom stereocenters. The number of nitrogens with zero attached hydrogens (tertiary/aromatic N) is 1. The predicted octanol–water partition coefficient (Wildman–Crippen LogP) is 3.16. The summed E-state index contributed by atoms with van der Waals surface area (Å²) in [6.07, 6.45) is 1.73. The quantitative estimate of drug-likeness (QED) is 0.825. The molecule has 1 heterocycles. The number of nitrogen functional groups attached to an aromatic ring is 1. The van der Waals surface area contributed by atoms with Crippen molar-refractivity contribution in [3.8, 4) is 0 Å². The van der Waals surface area contributed by atoms with Crippen molar-refractivity contribution < 1.29 is 9.18 Å². The Morgan fingerprint density at radius 1 is 1.60 bits per heavy atom. The number of carbonyl (C=O) groups excluding carboxylic acids is 1. The molecule has 1 aromatic heterocycles. The largest absolute Gasteiger partial charge is 0.396 e. The summed E-state index contributed by atoms with van der Waals surface area (Å²) < 4.78 is 13.6. The molecule has 4 nitrogen and oxygen atoms in total. The fraction of sp³-hybridized carbons (Fsp3) is 0.231. The molecule has 7 heteroatoms. The molecule has 0 saturated heterocycles. The lowest BCUT2D eigenvalue weighted by molar-refractivity contribution is 0.0951. The average molecular weight is 358 g/mol. The van der Waals surface area contributed by atoms with Crippen molar-refractivity contribution in [2.75, 3.05) is 12.3 Å². The molecule has 106 valence electrons. The van der Waals surface area contributed by atoms with Crippen LogP contribution in [0.1, 0.15) is 28.2 Å². The van der Waals surface area contributed by atoms with E-state index in [0.29, 0.717) is 16.6 Å². The van der Waals surface area contributed by atoms with E-state index in [2.05, 4.69) is 26.2 Å². The lowest BCUT2D eigenvalue weighted by Gasteiger charge is -2.11. The van der Waals surface area contributed by atoms with Crippen molar-refractivity contribution in [3.05, 3.63) is 44.6 Å². The molecule has 2 aromatic rings.